The van der Waals surface area contributed by atoms with E-state index >= 15 is 0 Å². The first-order valence-corrected chi connectivity index (χ1v) is 36.4. The van der Waals surface area contributed by atoms with Gasteiger partial charge in [0, 0.05) is 12.8 Å². The summed E-state index contributed by atoms with van der Waals surface area (Å²) in [5.41, 5.74) is 0. The van der Waals surface area contributed by atoms with Crippen LogP contribution in [0.3, 0.4) is 0 Å². The molecular formula is C75H132N2O7P+. The number of ether oxygens (including phenoxy) is 1. The summed E-state index contributed by atoms with van der Waals surface area (Å²) in [6, 6.07) is -0.872. The van der Waals surface area contributed by atoms with Crippen LogP contribution in [0.15, 0.2) is 122 Å². The van der Waals surface area contributed by atoms with Crippen LogP contribution >= 0.6 is 7.82 Å². The Bertz CT molecular complexity index is 1870. The molecule has 9 nitrogen and oxygen atoms in total. The van der Waals surface area contributed by atoms with Crippen LogP contribution in [0.1, 0.15) is 290 Å². The molecule has 0 radical (unpaired) electrons. The number of unbranched alkanes of at least 4 members (excludes halogenated alkanes) is 28. The van der Waals surface area contributed by atoms with Gasteiger partial charge in [-0.3, -0.25) is 18.6 Å². The SMILES string of the molecule is CC/C=C\C/C=C\C/C=C\C/C=C\C/C=C\CCCCCCCCCCCCCC(=O)NC(COP(=O)(O)OCC[N+](C)(C)C)C(/C=C\CCCCCCCCCCCCC)OC(=O)CCCCC/C=C\C/C=C\C/C=C\C/C=C\CCCCC. The van der Waals surface area contributed by atoms with E-state index in [2.05, 4.69) is 135 Å². The quantitative estimate of drug-likeness (QED) is 0.0205. The lowest BCUT2D eigenvalue weighted by Crippen LogP contribution is -2.47. The van der Waals surface area contributed by atoms with E-state index in [0.717, 1.165) is 122 Å². The molecule has 0 saturated heterocycles. The summed E-state index contributed by atoms with van der Waals surface area (Å²) >= 11 is 0. The Morgan fingerprint density at radius 2 is 0.753 bits per heavy atom. The average molecular weight is 1200 g/mol. The van der Waals surface area contributed by atoms with Crippen molar-refractivity contribution in [3.8, 4) is 0 Å². The van der Waals surface area contributed by atoms with Gasteiger partial charge in [-0.15, -0.1) is 0 Å². The zero-order valence-corrected chi connectivity index (χ0v) is 56.7. The molecule has 0 aliphatic carbocycles. The fourth-order valence-corrected chi connectivity index (χ4v) is 10.3. The van der Waals surface area contributed by atoms with Crippen molar-refractivity contribution in [2.24, 2.45) is 0 Å². The molecule has 3 unspecified atom stereocenters. The number of esters is 1. The maximum absolute atomic E-state index is 13.6. The van der Waals surface area contributed by atoms with Gasteiger partial charge in [0.05, 0.1) is 33.8 Å². The van der Waals surface area contributed by atoms with Crippen LogP contribution < -0.4 is 5.32 Å². The molecule has 0 aromatic carbocycles. The normalized spacial score (nSPS) is 14.3. The number of hydrogen-bond donors (Lipinski definition) is 2. The maximum Gasteiger partial charge on any atom is 0.472 e. The van der Waals surface area contributed by atoms with Crippen LogP contribution in [-0.2, 0) is 27.9 Å². The van der Waals surface area contributed by atoms with E-state index in [1.54, 1.807) is 0 Å². The molecular weight excluding hydrogens is 1070 g/mol. The van der Waals surface area contributed by atoms with E-state index in [1.807, 2.05) is 33.3 Å². The Morgan fingerprint density at radius 3 is 1.16 bits per heavy atom. The second kappa shape index (κ2) is 63.4. The van der Waals surface area contributed by atoms with Crippen molar-refractivity contribution < 1.29 is 37.3 Å². The minimum atomic E-state index is -4.47. The van der Waals surface area contributed by atoms with Crippen LogP contribution in [0.2, 0.25) is 0 Å². The van der Waals surface area contributed by atoms with Crippen molar-refractivity contribution in [2.45, 2.75) is 303 Å². The standard InChI is InChI=1S/C75H131N2O7P/c1-7-10-13-16-19-22-25-28-30-32-34-35-36-37-38-39-40-41-43-44-46-49-52-55-58-61-64-67-74(78)76-72(71-83-85(80,81)82-70-69-77(4,5)6)73(66-63-60-57-54-51-48-27-24-21-18-15-12-9-3)84-75(79)68-65-62-59-56-53-50-47-45-42-33-31-29-26-23-20-17-14-11-8-2/h10,13,19-20,22-23,28-31,34-35,37-38,42,45,50,53,63,66,72-73H,7-9,11-12,14-18,21,24-27,32-33,36,39-41,43-44,46-49,51-52,54-62,64-65,67-71H2,1-6H3,(H-,76,78,80,81)/p+1/b13-10-,22-19-,23-20-,30-28-,31-29-,35-34-,38-37-,45-42-,53-50-,66-63-. The van der Waals surface area contributed by atoms with E-state index in [1.165, 1.54) is 128 Å². The highest BCUT2D eigenvalue weighted by Crippen LogP contribution is 2.43. The molecule has 10 heteroatoms. The Balaban J connectivity index is 5.17. The van der Waals surface area contributed by atoms with Gasteiger partial charge in [0.1, 0.15) is 19.3 Å². The summed E-state index contributed by atoms with van der Waals surface area (Å²) in [7, 11) is 1.46. The van der Waals surface area contributed by atoms with Crippen molar-refractivity contribution >= 4 is 19.7 Å². The van der Waals surface area contributed by atoms with Gasteiger partial charge in [-0.1, -0.05) is 277 Å². The predicted molar refractivity (Wildman–Crippen MR) is 369 cm³/mol. The second-order valence-corrected chi connectivity index (χ2v) is 25.8. The number of allylic oxidation sites excluding steroid dienone is 19. The van der Waals surface area contributed by atoms with Crippen molar-refractivity contribution in [3.63, 3.8) is 0 Å². The zero-order valence-electron chi connectivity index (χ0n) is 55.8. The van der Waals surface area contributed by atoms with Crippen molar-refractivity contribution in [3.05, 3.63) is 122 Å². The van der Waals surface area contributed by atoms with Crippen molar-refractivity contribution in [2.75, 3.05) is 40.9 Å². The number of carbonyl (C=O) groups excluding carboxylic acids is 2. The van der Waals surface area contributed by atoms with Gasteiger partial charge in [-0.05, 0) is 122 Å². The highest BCUT2D eigenvalue weighted by atomic mass is 31.2. The number of nitrogens with one attached hydrogen (secondary N) is 1. The number of nitrogens with zero attached hydrogens (tertiary/aromatic N) is 1. The van der Waals surface area contributed by atoms with Crippen molar-refractivity contribution in [1.29, 1.82) is 0 Å². The Hall–Kier alpha value is -3.59. The number of likely N-dealkylation sites (N-methyl/N-ethyl adjacent to an activating group) is 1. The third kappa shape index (κ3) is 64.7. The molecule has 0 heterocycles. The molecule has 0 aromatic heterocycles. The number of phosphoric acid groups is 1. The number of amides is 1. The van der Waals surface area contributed by atoms with E-state index in [-0.39, 0.29) is 31.5 Å². The lowest BCUT2D eigenvalue weighted by molar-refractivity contribution is -0.870. The molecule has 0 aliphatic rings. The molecule has 0 saturated carbocycles. The lowest BCUT2D eigenvalue weighted by Gasteiger charge is -2.27. The fraction of sp³-hybridized carbons (Fsp3) is 0.707. The molecule has 0 aliphatic heterocycles. The van der Waals surface area contributed by atoms with Crippen LogP contribution in [-0.4, -0.2) is 74.3 Å². The number of phosphoric ester groups is 1. The first-order chi connectivity index (χ1) is 41.4. The summed E-state index contributed by atoms with van der Waals surface area (Å²) in [6.45, 7) is 6.86. The predicted octanol–water partition coefficient (Wildman–Crippen LogP) is 22.2. The summed E-state index contributed by atoms with van der Waals surface area (Å²) < 4.78 is 30.8. The molecule has 0 spiro atoms. The van der Waals surface area contributed by atoms with E-state index in [9.17, 15) is 19.0 Å². The molecule has 0 aromatic rings. The molecule has 0 bridgehead atoms. The van der Waals surface area contributed by atoms with Gasteiger partial charge in [0.25, 0.3) is 0 Å². The van der Waals surface area contributed by atoms with E-state index in [0.29, 0.717) is 23.9 Å². The van der Waals surface area contributed by atoms with Gasteiger partial charge in [0.15, 0.2) is 0 Å². The largest absolute Gasteiger partial charge is 0.472 e. The summed E-state index contributed by atoms with van der Waals surface area (Å²) in [5, 5.41) is 3.06. The van der Waals surface area contributed by atoms with Crippen LogP contribution in [0.25, 0.3) is 0 Å². The van der Waals surface area contributed by atoms with E-state index < -0.39 is 20.0 Å². The van der Waals surface area contributed by atoms with E-state index in [4.69, 9.17) is 13.8 Å². The molecule has 1 amide bonds. The van der Waals surface area contributed by atoms with Gasteiger partial charge in [-0.2, -0.15) is 0 Å². The zero-order chi connectivity index (χ0) is 62.1. The second-order valence-electron chi connectivity index (χ2n) is 24.3. The Kier molecular flexibility index (Phi) is 60.8. The van der Waals surface area contributed by atoms with Crippen LogP contribution in [0.5, 0.6) is 0 Å². The smallest absolute Gasteiger partial charge is 0.456 e. The lowest BCUT2D eigenvalue weighted by atomic mass is 10.0. The third-order valence-electron chi connectivity index (χ3n) is 14.9. The third-order valence-corrected chi connectivity index (χ3v) is 15.9. The summed E-state index contributed by atoms with van der Waals surface area (Å²) in [6.07, 6.45) is 89.2. The summed E-state index contributed by atoms with van der Waals surface area (Å²) in [5.74, 6) is -0.546. The molecule has 3 atom stereocenters. The number of quaternary nitrogens is 1. The Morgan fingerprint density at radius 1 is 0.424 bits per heavy atom. The molecule has 0 rings (SSSR count). The van der Waals surface area contributed by atoms with Gasteiger partial charge in [0.2, 0.25) is 5.91 Å². The van der Waals surface area contributed by atoms with Crippen molar-refractivity contribution in [1.82, 2.24) is 5.32 Å². The van der Waals surface area contributed by atoms with Gasteiger partial charge in [-0.25, -0.2) is 4.57 Å². The topological polar surface area (TPSA) is 111 Å². The minimum absolute atomic E-state index is 0.0287. The van der Waals surface area contributed by atoms with Gasteiger partial charge < -0.3 is 19.4 Å². The number of carbonyl (C=O) groups is 2. The summed E-state index contributed by atoms with van der Waals surface area (Å²) in [4.78, 5) is 37.9. The first kappa shape index (κ1) is 81.4. The first-order valence-electron chi connectivity index (χ1n) is 34.9. The highest BCUT2D eigenvalue weighted by molar-refractivity contribution is 7.47. The number of rotatable bonds is 62. The molecule has 0 fully saturated rings. The Labute approximate surface area is 524 Å². The van der Waals surface area contributed by atoms with Crippen LogP contribution in [0, 0.1) is 0 Å². The highest BCUT2D eigenvalue weighted by Gasteiger charge is 2.30. The van der Waals surface area contributed by atoms with Gasteiger partial charge >= 0.3 is 13.8 Å². The maximum atomic E-state index is 13.6. The molecule has 2 N–H and O–H groups in total. The molecule has 488 valence electrons. The van der Waals surface area contributed by atoms with Crippen LogP contribution in [0.4, 0.5) is 0 Å². The number of hydrogen-bond acceptors (Lipinski definition) is 6. The fourth-order valence-electron chi connectivity index (χ4n) is 9.54. The average Bonchev–Trinajstić information content (AvgIpc) is 3.53. The monoisotopic (exact) mass is 1200 g/mol. The minimum Gasteiger partial charge on any atom is -0.456 e. The molecule has 85 heavy (non-hydrogen) atoms.